The summed E-state index contributed by atoms with van der Waals surface area (Å²) in [5.41, 5.74) is -0.188. The first-order valence-electron chi connectivity index (χ1n) is 6.34. The number of benzene rings is 1. The predicted octanol–water partition coefficient (Wildman–Crippen LogP) is 1.43. The summed E-state index contributed by atoms with van der Waals surface area (Å²) in [6.07, 6.45) is 1.72. The van der Waals surface area contributed by atoms with Crippen molar-refractivity contribution >= 4 is 33.3 Å². The number of aromatic carboxylic acids is 1. The van der Waals surface area contributed by atoms with Crippen LogP contribution in [0, 0.1) is 0 Å². The van der Waals surface area contributed by atoms with Crippen molar-refractivity contribution in [2.45, 2.75) is 17.7 Å². The van der Waals surface area contributed by atoms with Crippen molar-refractivity contribution in [2.24, 2.45) is 0 Å². The van der Waals surface area contributed by atoms with Crippen LogP contribution in [0.2, 0.25) is 5.02 Å². The van der Waals surface area contributed by atoms with Crippen molar-refractivity contribution in [2.75, 3.05) is 18.8 Å². The van der Waals surface area contributed by atoms with Crippen molar-refractivity contribution in [1.82, 2.24) is 4.90 Å². The maximum Gasteiger partial charge on any atom is 0.335 e. The lowest BCUT2D eigenvalue weighted by Gasteiger charge is -2.15. The number of carboxylic acid groups (broad SMARTS) is 1. The number of sulfone groups is 1. The number of hydrogen-bond acceptors (Lipinski definition) is 4. The first-order valence-corrected chi connectivity index (χ1v) is 8.37. The maximum absolute atomic E-state index is 12.3. The van der Waals surface area contributed by atoms with E-state index in [1.54, 1.807) is 0 Å². The molecule has 0 aromatic heterocycles. The molecule has 1 aromatic carbocycles. The summed E-state index contributed by atoms with van der Waals surface area (Å²) in [5, 5.41) is 8.82. The summed E-state index contributed by atoms with van der Waals surface area (Å²) in [6, 6.07) is 3.40. The van der Waals surface area contributed by atoms with E-state index in [9.17, 15) is 18.0 Å². The van der Waals surface area contributed by atoms with Crippen molar-refractivity contribution in [3.05, 3.63) is 28.8 Å². The molecule has 114 valence electrons. The van der Waals surface area contributed by atoms with Crippen LogP contribution in [0.15, 0.2) is 23.1 Å². The van der Waals surface area contributed by atoms with Gasteiger partial charge in [0, 0.05) is 13.1 Å². The molecule has 1 aromatic rings. The number of carbonyl (C=O) groups excluding carboxylic acids is 1. The van der Waals surface area contributed by atoms with Gasteiger partial charge in [-0.1, -0.05) is 11.6 Å². The van der Waals surface area contributed by atoms with Gasteiger partial charge in [0.15, 0.2) is 9.84 Å². The van der Waals surface area contributed by atoms with E-state index >= 15 is 0 Å². The lowest BCUT2D eigenvalue weighted by atomic mass is 10.2. The van der Waals surface area contributed by atoms with Crippen molar-refractivity contribution in [3.63, 3.8) is 0 Å². The lowest BCUT2D eigenvalue weighted by molar-refractivity contribution is -0.127. The molecule has 1 heterocycles. The molecule has 0 bridgehead atoms. The number of amides is 1. The van der Waals surface area contributed by atoms with E-state index in [0.29, 0.717) is 13.1 Å². The van der Waals surface area contributed by atoms with E-state index in [2.05, 4.69) is 0 Å². The van der Waals surface area contributed by atoms with Gasteiger partial charge in [-0.2, -0.15) is 0 Å². The van der Waals surface area contributed by atoms with Gasteiger partial charge in [-0.3, -0.25) is 4.79 Å². The third-order valence-corrected chi connectivity index (χ3v) is 5.36. The smallest absolute Gasteiger partial charge is 0.335 e. The molecule has 1 aliphatic heterocycles. The second-order valence-corrected chi connectivity index (χ2v) is 7.16. The van der Waals surface area contributed by atoms with Crippen LogP contribution in [0.5, 0.6) is 0 Å². The zero-order valence-electron chi connectivity index (χ0n) is 11.1. The Kier molecular flexibility index (Phi) is 4.53. The molecule has 1 amide bonds. The van der Waals surface area contributed by atoms with E-state index in [0.717, 1.165) is 18.9 Å². The van der Waals surface area contributed by atoms with Crippen molar-refractivity contribution < 1.29 is 23.1 Å². The van der Waals surface area contributed by atoms with Gasteiger partial charge in [-0.05, 0) is 31.0 Å². The van der Waals surface area contributed by atoms with Gasteiger partial charge in [0.2, 0.25) is 5.91 Å². The Morgan fingerprint density at radius 1 is 1.24 bits per heavy atom. The topological polar surface area (TPSA) is 91.7 Å². The average Bonchev–Trinajstić information content (AvgIpc) is 2.92. The third kappa shape index (κ3) is 3.54. The molecule has 1 fully saturated rings. The van der Waals surface area contributed by atoms with Crippen LogP contribution < -0.4 is 0 Å². The molecule has 0 spiro atoms. The summed E-state index contributed by atoms with van der Waals surface area (Å²) >= 11 is 5.83. The highest BCUT2D eigenvalue weighted by Crippen LogP contribution is 2.24. The molecule has 0 unspecified atom stereocenters. The zero-order chi connectivity index (χ0) is 15.6. The average molecular weight is 332 g/mol. The molecule has 1 N–H and O–H groups in total. The molecule has 0 radical (unpaired) electrons. The minimum Gasteiger partial charge on any atom is -0.478 e. The van der Waals surface area contributed by atoms with Gasteiger partial charge in [-0.25, -0.2) is 13.2 Å². The van der Waals surface area contributed by atoms with Gasteiger partial charge in [-0.15, -0.1) is 0 Å². The number of nitrogens with zero attached hydrogens (tertiary/aromatic N) is 1. The molecular weight excluding hydrogens is 318 g/mol. The van der Waals surface area contributed by atoms with Crippen LogP contribution in [0.3, 0.4) is 0 Å². The fourth-order valence-electron chi connectivity index (χ4n) is 2.17. The molecule has 1 saturated heterocycles. The monoisotopic (exact) mass is 331 g/mol. The molecule has 0 saturated carbocycles. The van der Waals surface area contributed by atoms with Gasteiger partial charge in [0.25, 0.3) is 0 Å². The van der Waals surface area contributed by atoms with Crippen LogP contribution in [0.25, 0.3) is 0 Å². The van der Waals surface area contributed by atoms with Gasteiger partial charge < -0.3 is 10.0 Å². The standard InChI is InChI=1S/C13H14ClNO5S/c14-10-4-3-9(13(17)18)7-11(10)21(19,20)8-12(16)15-5-1-2-6-15/h3-4,7H,1-2,5-6,8H2,(H,17,18). The van der Waals surface area contributed by atoms with E-state index < -0.39 is 27.5 Å². The SMILES string of the molecule is O=C(O)c1ccc(Cl)c(S(=O)(=O)CC(=O)N2CCCC2)c1. The Labute approximate surface area is 127 Å². The number of likely N-dealkylation sites (tertiary alicyclic amines) is 1. The quantitative estimate of drug-likeness (QED) is 0.901. The van der Waals surface area contributed by atoms with E-state index in [1.165, 1.54) is 17.0 Å². The predicted molar refractivity (Wildman–Crippen MR) is 76.3 cm³/mol. The van der Waals surface area contributed by atoms with E-state index in [1.807, 2.05) is 0 Å². The van der Waals surface area contributed by atoms with Gasteiger partial charge >= 0.3 is 5.97 Å². The number of hydrogen-bond donors (Lipinski definition) is 1. The molecular formula is C13H14ClNO5S. The Morgan fingerprint density at radius 2 is 1.86 bits per heavy atom. The Morgan fingerprint density at radius 3 is 2.43 bits per heavy atom. The summed E-state index contributed by atoms with van der Waals surface area (Å²) in [4.78, 5) is 24.0. The van der Waals surface area contributed by atoms with Crippen LogP contribution in [0.4, 0.5) is 0 Å². The molecule has 8 heteroatoms. The number of rotatable bonds is 4. The summed E-state index contributed by atoms with van der Waals surface area (Å²) < 4.78 is 24.5. The normalized spacial score (nSPS) is 15.2. The fraction of sp³-hybridized carbons (Fsp3) is 0.385. The fourth-order valence-corrected chi connectivity index (χ4v) is 3.98. The van der Waals surface area contributed by atoms with Crippen LogP contribution in [-0.2, 0) is 14.6 Å². The maximum atomic E-state index is 12.3. The first kappa shape index (κ1) is 15.8. The highest BCUT2D eigenvalue weighted by atomic mass is 35.5. The highest BCUT2D eigenvalue weighted by molar-refractivity contribution is 7.92. The molecule has 2 rings (SSSR count). The van der Waals surface area contributed by atoms with Crippen molar-refractivity contribution in [1.29, 1.82) is 0 Å². The Balaban J connectivity index is 2.28. The largest absolute Gasteiger partial charge is 0.478 e. The molecule has 0 atom stereocenters. The number of halogens is 1. The number of carboxylic acids is 1. The zero-order valence-corrected chi connectivity index (χ0v) is 12.7. The van der Waals surface area contributed by atoms with E-state index in [4.69, 9.17) is 16.7 Å². The van der Waals surface area contributed by atoms with E-state index in [-0.39, 0.29) is 15.5 Å². The summed E-state index contributed by atoms with van der Waals surface area (Å²) in [5.74, 6) is -2.44. The molecule has 1 aliphatic rings. The summed E-state index contributed by atoms with van der Waals surface area (Å²) in [7, 11) is -3.97. The minimum absolute atomic E-state index is 0.0887. The molecule has 0 aliphatic carbocycles. The van der Waals surface area contributed by atoms with Gasteiger partial charge in [0.05, 0.1) is 15.5 Å². The van der Waals surface area contributed by atoms with Crippen LogP contribution in [0.1, 0.15) is 23.2 Å². The van der Waals surface area contributed by atoms with Crippen LogP contribution in [-0.4, -0.2) is 49.1 Å². The lowest BCUT2D eigenvalue weighted by Crippen LogP contribution is -2.33. The van der Waals surface area contributed by atoms with Crippen LogP contribution >= 0.6 is 11.6 Å². The Hall–Kier alpha value is -1.60. The van der Waals surface area contributed by atoms with Crippen molar-refractivity contribution in [3.8, 4) is 0 Å². The Bertz CT molecular complexity index is 680. The third-order valence-electron chi connectivity index (χ3n) is 3.29. The van der Waals surface area contributed by atoms with Gasteiger partial charge in [0.1, 0.15) is 5.75 Å². The molecule has 6 nitrogen and oxygen atoms in total. The number of carbonyl (C=O) groups is 2. The minimum atomic E-state index is -3.97. The highest BCUT2D eigenvalue weighted by Gasteiger charge is 2.27. The summed E-state index contributed by atoms with van der Waals surface area (Å²) in [6.45, 7) is 1.11. The molecule has 21 heavy (non-hydrogen) atoms. The second kappa shape index (κ2) is 6.03. The first-order chi connectivity index (χ1) is 9.81. The second-order valence-electron chi connectivity index (χ2n) is 4.80.